The SMILES string of the molecule is CC(C)Cc1nc2cnc(-c3ncnn3C)cc2n1[C@@H]1CCCC(NC(=O)c2ncc(Cl)s2)C1. The summed E-state index contributed by atoms with van der Waals surface area (Å²) in [6.45, 7) is 4.41. The highest BCUT2D eigenvalue weighted by Crippen LogP contribution is 2.34. The third-order valence-electron chi connectivity index (χ3n) is 6.20. The van der Waals surface area contributed by atoms with E-state index in [4.69, 9.17) is 16.6 Å². The molecule has 11 heteroatoms. The van der Waals surface area contributed by atoms with Crippen LogP contribution in [0.5, 0.6) is 0 Å². The van der Waals surface area contributed by atoms with Gasteiger partial charge in [0.2, 0.25) is 0 Å². The van der Waals surface area contributed by atoms with E-state index in [1.165, 1.54) is 23.9 Å². The van der Waals surface area contributed by atoms with E-state index in [0.29, 0.717) is 15.3 Å². The monoisotopic (exact) mass is 498 g/mol. The number of carbonyl (C=O) groups is 1. The first-order valence-corrected chi connectivity index (χ1v) is 12.7. The van der Waals surface area contributed by atoms with Crippen molar-refractivity contribution >= 4 is 39.9 Å². The first-order valence-electron chi connectivity index (χ1n) is 11.5. The van der Waals surface area contributed by atoms with Gasteiger partial charge < -0.3 is 9.88 Å². The van der Waals surface area contributed by atoms with Crippen LogP contribution in [0.2, 0.25) is 4.34 Å². The lowest BCUT2D eigenvalue weighted by molar-refractivity contribution is 0.0920. The second-order valence-electron chi connectivity index (χ2n) is 9.22. The molecule has 4 heterocycles. The Morgan fingerprint density at radius 1 is 1.26 bits per heavy atom. The first kappa shape index (κ1) is 22.9. The number of carbonyl (C=O) groups excluding carboxylic acids is 1. The molecular weight excluding hydrogens is 472 g/mol. The Balaban J connectivity index is 1.47. The van der Waals surface area contributed by atoms with E-state index in [9.17, 15) is 4.79 Å². The molecule has 0 aliphatic heterocycles. The van der Waals surface area contributed by atoms with Crippen LogP contribution in [0.3, 0.4) is 0 Å². The molecule has 5 rings (SSSR count). The summed E-state index contributed by atoms with van der Waals surface area (Å²) in [6, 6.07) is 2.36. The fourth-order valence-corrected chi connectivity index (χ4v) is 5.57. The smallest absolute Gasteiger partial charge is 0.280 e. The number of fused-ring (bicyclic) bond motifs is 1. The largest absolute Gasteiger partial charge is 0.347 e. The molecule has 1 saturated carbocycles. The molecule has 1 aliphatic rings. The van der Waals surface area contributed by atoms with E-state index in [1.807, 2.05) is 13.2 Å². The molecule has 0 aromatic carbocycles. The van der Waals surface area contributed by atoms with Gasteiger partial charge in [0.05, 0.1) is 17.9 Å². The summed E-state index contributed by atoms with van der Waals surface area (Å²) >= 11 is 7.17. The summed E-state index contributed by atoms with van der Waals surface area (Å²) in [5, 5.41) is 7.76. The van der Waals surface area contributed by atoms with Crippen molar-refractivity contribution in [3.05, 3.63) is 40.0 Å². The van der Waals surface area contributed by atoms with Crippen LogP contribution in [0.1, 0.15) is 61.2 Å². The molecule has 1 fully saturated rings. The van der Waals surface area contributed by atoms with Gasteiger partial charge in [0.15, 0.2) is 10.8 Å². The number of hydrogen-bond donors (Lipinski definition) is 1. The fourth-order valence-electron chi connectivity index (χ4n) is 4.75. The quantitative estimate of drug-likeness (QED) is 0.421. The molecule has 1 unspecified atom stereocenters. The predicted octanol–water partition coefficient (Wildman–Crippen LogP) is 4.45. The van der Waals surface area contributed by atoms with Crippen LogP contribution in [0.15, 0.2) is 24.8 Å². The number of thiazole rings is 1. The maximum absolute atomic E-state index is 12.7. The van der Waals surface area contributed by atoms with E-state index in [0.717, 1.165) is 60.5 Å². The lowest BCUT2D eigenvalue weighted by Gasteiger charge is -2.32. The van der Waals surface area contributed by atoms with Crippen molar-refractivity contribution in [3.8, 4) is 11.5 Å². The zero-order valence-electron chi connectivity index (χ0n) is 19.4. The molecule has 1 N–H and O–H groups in total. The number of hydrogen-bond acceptors (Lipinski definition) is 7. The van der Waals surface area contributed by atoms with E-state index < -0.39 is 0 Å². The summed E-state index contributed by atoms with van der Waals surface area (Å²) in [6.07, 6.45) is 9.59. The van der Waals surface area contributed by atoms with Gasteiger partial charge in [-0.05, 0) is 37.7 Å². The number of imidazole rings is 1. The topological polar surface area (TPSA) is 103 Å². The number of rotatable bonds is 6. The van der Waals surface area contributed by atoms with Gasteiger partial charge in [0, 0.05) is 25.6 Å². The van der Waals surface area contributed by atoms with Gasteiger partial charge in [-0.25, -0.2) is 19.6 Å². The van der Waals surface area contributed by atoms with Crippen molar-refractivity contribution < 1.29 is 4.79 Å². The number of pyridine rings is 1. The molecular formula is C23H27ClN8OS. The Hall–Kier alpha value is -2.85. The number of nitrogens with zero attached hydrogens (tertiary/aromatic N) is 7. The second kappa shape index (κ2) is 9.42. The van der Waals surface area contributed by atoms with Gasteiger partial charge in [-0.15, -0.1) is 0 Å². The normalized spacial score (nSPS) is 18.6. The van der Waals surface area contributed by atoms with Crippen molar-refractivity contribution in [2.75, 3.05) is 0 Å². The molecule has 4 aromatic rings. The van der Waals surface area contributed by atoms with Crippen LogP contribution < -0.4 is 5.32 Å². The van der Waals surface area contributed by atoms with E-state index >= 15 is 0 Å². The summed E-state index contributed by atoms with van der Waals surface area (Å²) < 4.78 is 4.61. The number of aromatic nitrogens is 7. The number of halogens is 1. The van der Waals surface area contributed by atoms with E-state index in [1.54, 1.807) is 4.68 Å². The van der Waals surface area contributed by atoms with Crippen LogP contribution >= 0.6 is 22.9 Å². The van der Waals surface area contributed by atoms with Gasteiger partial charge in [-0.2, -0.15) is 5.10 Å². The molecule has 0 radical (unpaired) electrons. The molecule has 1 amide bonds. The molecule has 0 bridgehead atoms. The Labute approximate surface area is 206 Å². The van der Waals surface area contributed by atoms with Crippen LogP contribution in [-0.4, -0.2) is 46.2 Å². The minimum absolute atomic E-state index is 0.0679. The van der Waals surface area contributed by atoms with Crippen molar-refractivity contribution in [3.63, 3.8) is 0 Å². The van der Waals surface area contributed by atoms with Crippen molar-refractivity contribution in [2.45, 2.75) is 58.0 Å². The molecule has 9 nitrogen and oxygen atoms in total. The Morgan fingerprint density at radius 3 is 2.82 bits per heavy atom. The Bertz CT molecular complexity index is 1330. The summed E-state index contributed by atoms with van der Waals surface area (Å²) in [5.41, 5.74) is 2.70. The van der Waals surface area contributed by atoms with E-state index in [2.05, 4.69) is 49.8 Å². The molecule has 2 atom stereocenters. The summed E-state index contributed by atoms with van der Waals surface area (Å²) in [5.74, 6) is 2.09. The molecule has 4 aromatic heterocycles. The highest BCUT2D eigenvalue weighted by atomic mass is 35.5. The zero-order chi connectivity index (χ0) is 23.8. The molecule has 0 saturated heterocycles. The van der Waals surface area contributed by atoms with Gasteiger partial charge in [0.25, 0.3) is 5.91 Å². The van der Waals surface area contributed by atoms with Crippen LogP contribution in [0.25, 0.3) is 22.6 Å². The average molecular weight is 499 g/mol. The van der Waals surface area contributed by atoms with Crippen molar-refractivity contribution in [1.29, 1.82) is 0 Å². The number of amides is 1. The third kappa shape index (κ3) is 4.56. The van der Waals surface area contributed by atoms with Crippen LogP contribution in [0.4, 0.5) is 0 Å². The molecule has 34 heavy (non-hydrogen) atoms. The second-order valence-corrected chi connectivity index (χ2v) is 10.9. The fraction of sp³-hybridized carbons (Fsp3) is 0.478. The molecule has 0 spiro atoms. The number of aryl methyl sites for hydroxylation is 1. The summed E-state index contributed by atoms with van der Waals surface area (Å²) in [4.78, 5) is 30.7. The predicted molar refractivity (Wildman–Crippen MR) is 132 cm³/mol. The van der Waals surface area contributed by atoms with Crippen LogP contribution in [0, 0.1) is 5.92 Å². The Kier molecular flexibility index (Phi) is 6.35. The van der Waals surface area contributed by atoms with E-state index in [-0.39, 0.29) is 18.0 Å². The number of nitrogens with one attached hydrogen (secondary N) is 1. The lowest BCUT2D eigenvalue weighted by atomic mass is 9.90. The van der Waals surface area contributed by atoms with Crippen molar-refractivity contribution in [1.82, 2.24) is 39.6 Å². The lowest BCUT2D eigenvalue weighted by Crippen LogP contribution is -2.39. The standard InChI is InChI=1S/C23H27ClN8OS/c1-13(2)7-20-30-17-10-25-16(21-27-12-28-31(21)3)9-18(17)32(20)15-6-4-5-14(8-15)29-22(33)23-26-11-19(24)34-23/h9-15H,4-8H2,1-3H3,(H,29,33)/t14?,15-/m1/s1. The first-order chi connectivity index (χ1) is 16.4. The van der Waals surface area contributed by atoms with Crippen LogP contribution in [-0.2, 0) is 13.5 Å². The van der Waals surface area contributed by atoms with Gasteiger partial charge >= 0.3 is 0 Å². The van der Waals surface area contributed by atoms with Crippen molar-refractivity contribution in [2.24, 2.45) is 13.0 Å². The highest BCUT2D eigenvalue weighted by Gasteiger charge is 2.29. The average Bonchev–Trinajstić information content (AvgIpc) is 3.51. The zero-order valence-corrected chi connectivity index (χ0v) is 21.0. The van der Waals surface area contributed by atoms with Gasteiger partial charge in [-0.3, -0.25) is 9.78 Å². The van der Waals surface area contributed by atoms with Gasteiger partial charge in [0.1, 0.15) is 27.7 Å². The maximum atomic E-state index is 12.7. The Morgan fingerprint density at radius 2 is 2.12 bits per heavy atom. The maximum Gasteiger partial charge on any atom is 0.280 e. The molecule has 178 valence electrons. The third-order valence-corrected chi connectivity index (χ3v) is 7.31. The van der Waals surface area contributed by atoms with Gasteiger partial charge in [-0.1, -0.05) is 36.8 Å². The minimum Gasteiger partial charge on any atom is -0.347 e. The highest BCUT2D eigenvalue weighted by molar-refractivity contribution is 7.17. The minimum atomic E-state index is -0.158. The summed E-state index contributed by atoms with van der Waals surface area (Å²) in [7, 11) is 1.86. The molecule has 1 aliphatic carbocycles.